The van der Waals surface area contributed by atoms with Gasteiger partial charge in [0.2, 0.25) is 0 Å². The number of nitrogens with zero attached hydrogens (tertiary/aromatic N) is 3. The molecular formula is C21H20F2N4O. The molecule has 1 atom stereocenters. The molecule has 144 valence electrons. The van der Waals surface area contributed by atoms with Gasteiger partial charge in [0.05, 0.1) is 11.7 Å². The first-order chi connectivity index (χ1) is 13.3. The van der Waals surface area contributed by atoms with Crippen LogP contribution in [-0.2, 0) is 13.5 Å². The zero-order valence-corrected chi connectivity index (χ0v) is 15.6. The van der Waals surface area contributed by atoms with Crippen LogP contribution in [0.4, 0.5) is 8.78 Å². The van der Waals surface area contributed by atoms with E-state index in [0.717, 1.165) is 27.9 Å². The summed E-state index contributed by atoms with van der Waals surface area (Å²) in [6.45, 7) is 1.92. The average Bonchev–Trinajstić information content (AvgIpc) is 3.04. The molecule has 0 aliphatic heterocycles. The zero-order chi connectivity index (χ0) is 19.9. The Morgan fingerprint density at radius 1 is 1.29 bits per heavy atom. The van der Waals surface area contributed by atoms with E-state index in [4.69, 9.17) is 0 Å². The van der Waals surface area contributed by atoms with E-state index in [1.807, 2.05) is 50.5 Å². The molecule has 0 bridgehead atoms. The minimum Gasteiger partial charge on any atom is -0.342 e. The molecule has 1 aromatic carbocycles. The summed E-state index contributed by atoms with van der Waals surface area (Å²) in [5.74, 6) is -3.35. The number of aromatic nitrogens is 3. The maximum atomic E-state index is 13.0. The first-order valence-electron chi connectivity index (χ1n) is 9.05. The number of pyridine rings is 1. The van der Waals surface area contributed by atoms with Crippen LogP contribution in [-0.4, -0.2) is 32.6 Å². The predicted octanol–water partition coefficient (Wildman–Crippen LogP) is 3.52. The normalized spacial score (nSPS) is 17.4. The number of carbonyl (C=O) groups excluding carboxylic acids is 1. The lowest BCUT2D eigenvalue weighted by Gasteiger charge is -2.09. The first-order valence-corrected chi connectivity index (χ1v) is 9.05. The van der Waals surface area contributed by atoms with Gasteiger partial charge in [0, 0.05) is 31.4 Å². The van der Waals surface area contributed by atoms with Crippen LogP contribution in [0.2, 0.25) is 0 Å². The molecule has 1 aliphatic carbocycles. The lowest BCUT2D eigenvalue weighted by Crippen LogP contribution is -2.30. The fourth-order valence-electron chi connectivity index (χ4n) is 3.06. The number of rotatable bonds is 5. The van der Waals surface area contributed by atoms with Crippen LogP contribution in [0.5, 0.6) is 0 Å². The zero-order valence-electron chi connectivity index (χ0n) is 15.6. The number of alkyl halides is 2. The first kappa shape index (κ1) is 18.3. The molecule has 28 heavy (non-hydrogen) atoms. The van der Waals surface area contributed by atoms with Crippen molar-refractivity contribution in [3.8, 4) is 11.3 Å². The number of hydrogen-bond acceptors (Lipinski definition) is 3. The van der Waals surface area contributed by atoms with Crippen LogP contribution in [0, 0.1) is 6.92 Å². The summed E-state index contributed by atoms with van der Waals surface area (Å²) in [5, 5.41) is 6.73. The molecule has 2 heterocycles. The van der Waals surface area contributed by atoms with Gasteiger partial charge in [0.15, 0.2) is 0 Å². The third-order valence-electron chi connectivity index (χ3n) is 4.94. The van der Waals surface area contributed by atoms with Gasteiger partial charge in [-0.15, -0.1) is 0 Å². The fourth-order valence-corrected chi connectivity index (χ4v) is 3.06. The molecule has 1 fully saturated rings. The van der Waals surface area contributed by atoms with Crippen LogP contribution in [0.3, 0.4) is 0 Å². The molecule has 1 N–H and O–H groups in total. The highest BCUT2D eigenvalue weighted by atomic mass is 19.3. The van der Waals surface area contributed by atoms with E-state index < -0.39 is 17.9 Å². The van der Waals surface area contributed by atoms with E-state index in [9.17, 15) is 13.6 Å². The Labute approximate surface area is 161 Å². The van der Waals surface area contributed by atoms with E-state index in [2.05, 4.69) is 15.4 Å². The van der Waals surface area contributed by atoms with Crippen LogP contribution >= 0.6 is 0 Å². The van der Waals surface area contributed by atoms with E-state index >= 15 is 0 Å². The molecule has 0 radical (unpaired) electrons. The minimum atomic E-state index is -2.79. The summed E-state index contributed by atoms with van der Waals surface area (Å²) in [5.41, 5.74) is 5.06. The second-order valence-corrected chi connectivity index (χ2v) is 7.24. The summed E-state index contributed by atoms with van der Waals surface area (Å²) in [6, 6.07) is 10.6. The van der Waals surface area contributed by atoms with Gasteiger partial charge in [-0.1, -0.05) is 24.3 Å². The van der Waals surface area contributed by atoms with Gasteiger partial charge in [0.25, 0.3) is 11.8 Å². The third-order valence-corrected chi connectivity index (χ3v) is 4.94. The molecule has 1 amide bonds. The van der Waals surface area contributed by atoms with Gasteiger partial charge in [-0.05, 0) is 42.2 Å². The summed E-state index contributed by atoms with van der Waals surface area (Å²) in [6.07, 6.45) is 3.82. The van der Waals surface area contributed by atoms with Crippen LogP contribution in [0.15, 0.2) is 48.8 Å². The van der Waals surface area contributed by atoms with Crippen molar-refractivity contribution in [3.05, 3.63) is 71.2 Å². The minimum absolute atomic E-state index is 0.161. The molecule has 7 heteroatoms. The van der Waals surface area contributed by atoms with Crippen molar-refractivity contribution in [2.24, 2.45) is 7.05 Å². The van der Waals surface area contributed by atoms with Gasteiger partial charge < -0.3 is 5.32 Å². The molecular weight excluding hydrogens is 362 g/mol. The number of amides is 1. The van der Waals surface area contributed by atoms with Crippen LogP contribution in [0.25, 0.3) is 11.3 Å². The van der Waals surface area contributed by atoms with E-state index in [0.29, 0.717) is 6.42 Å². The maximum Gasteiger partial charge on any atom is 0.270 e. The van der Waals surface area contributed by atoms with Crippen molar-refractivity contribution in [1.29, 1.82) is 0 Å². The van der Waals surface area contributed by atoms with Crippen LogP contribution < -0.4 is 5.32 Å². The lowest BCUT2D eigenvalue weighted by atomic mass is 9.99. The quantitative estimate of drug-likeness (QED) is 0.735. The third kappa shape index (κ3) is 3.78. The van der Waals surface area contributed by atoms with E-state index in [-0.39, 0.29) is 12.1 Å². The Kier molecular flexibility index (Phi) is 4.45. The molecule has 5 nitrogen and oxygen atoms in total. The SMILES string of the molecule is Cc1cnc(C(=O)NC2CC2(F)F)cc1Cc1ccc(-c2ccn(C)n2)cc1. The van der Waals surface area contributed by atoms with Gasteiger partial charge in [-0.25, -0.2) is 8.78 Å². The summed E-state index contributed by atoms with van der Waals surface area (Å²) >= 11 is 0. The number of nitrogens with one attached hydrogen (secondary N) is 1. The number of aryl methyl sites for hydroxylation is 2. The van der Waals surface area contributed by atoms with Gasteiger partial charge in [-0.3, -0.25) is 14.5 Å². The Hall–Kier alpha value is -3.09. The average molecular weight is 382 g/mol. The molecule has 3 aromatic rings. The fraction of sp³-hybridized carbons (Fsp3) is 0.286. The molecule has 0 saturated heterocycles. The highest BCUT2D eigenvalue weighted by molar-refractivity contribution is 5.93. The Morgan fingerprint density at radius 2 is 2.00 bits per heavy atom. The van der Waals surface area contributed by atoms with Gasteiger partial charge in [-0.2, -0.15) is 5.10 Å². The van der Waals surface area contributed by atoms with E-state index in [1.165, 1.54) is 0 Å². The number of halogens is 2. The maximum absolute atomic E-state index is 13.0. The summed E-state index contributed by atoms with van der Waals surface area (Å²) in [4.78, 5) is 16.3. The van der Waals surface area contributed by atoms with Gasteiger partial charge in [0.1, 0.15) is 5.69 Å². The van der Waals surface area contributed by atoms with Crippen molar-refractivity contribution in [2.45, 2.75) is 31.7 Å². The van der Waals surface area contributed by atoms with Crippen molar-refractivity contribution >= 4 is 5.91 Å². The number of benzene rings is 1. The van der Waals surface area contributed by atoms with Gasteiger partial charge >= 0.3 is 0 Å². The standard InChI is InChI=1S/C21H20F2N4O/c1-13-12-24-18(20(28)25-19-11-21(19,22)23)10-16(13)9-14-3-5-15(6-4-14)17-7-8-27(2)26-17/h3-8,10,12,19H,9,11H2,1-2H3,(H,25,28). The summed E-state index contributed by atoms with van der Waals surface area (Å²) < 4.78 is 27.8. The Bertz CT molecular complexity index is 1030. The second-order valence-electron chi connectivity index (χ2n) is 7.24. The Balaban J connectivity index is 1.49. The number of carbonyl (C=O) groups is 1. The molecule has 1 saturated carbocycles. The van der Waals surface area contributed by atoms with Crippen LogP contribution in [0.1, 0.15) is 33.6 Å². The molecule has 0 spiro atoms. The largest absolute Gasteiger partial charge is 0.342 e. The molecule has 1 aliphatic rings. The highest BCUT2D eigenvalue weighted by Crippen LogP contribution is 2.41. The Morgan fingerprint density at radius 3 is 2.61 bits per heavy atom. The second kappa shape index (κ2) is 6.82. The number of hydrogen-bond donors (Lipinski definition) is 1. The van der Waals surface area contributed by atoms with E-state index in [1.54, 1.807) is 16.9 Å². The highest BCUT2D eigenvalue weighted by Gasteiger charge is 2.57. The van der Waals surface area contributed by atoms with Crippen molar-refractivity contribution in [1.82, 2.24) is 20.1 Å². The topological polar surface area (TPSA) is 59.8 Å². The smallest absolute Gasteiger partial charge is 0.270 e. The lowest BCUT2D eigenvalue weighted by molar-refractivity contribution is 0.0845. The molecule has 1 unspecified atom stereocenters. The van der Waals surface area contributed by atoms with Crippen molar-refractivity contribution < 1.29 is 13.6 Å². The van der Waals surface area contributed by atoms with Crippen molar-refractivity contribution in [2.75, 3.05) is 0 Å². The van der Waals surface area contributed by atoms with Crippen molar-refractivity contribution in [3.63, 3.8) is 0 Å². The predicted molar refractivity (Wildman–Crippen MR) is 101 cm³/mol. The monoisotopic (exact) mass is 382 g/mol. The summed E-state index contributed by atoms with van der Waals surface area (Å²) in [7, 11) is 1.88. The molecule has 4 rings (SSSR count). The molecule has 2 aromatic heterocycles.